The topological polar surface area (TPSA) is 104 Å². The van der Waals surface area contributed by atoms with Crippen LogP contribution in [0.5, 0.6) is 0 Å². The van der Waals surface area contributed by atoms with Gasteiger partial charge in [-0.3, -0.25) is 0 Å². The molecule has 4 nitrogen and oxygen atoms in total. The lowest BCUT2D eigenvalue weighted by atomic mass is 9.91. The fourth-order valence-corrected chi connectivity index (χ4v) is 2.42. The maximum absolute atomic E-state index is 5.66. The quantitative estimate of drug-likeness (QED) is 0.466. The van der Waals surface area contributed by atoms with E-state index in [1.165, 1.54) is 38.5 Å². The number of rotatable bonds is 0. The van der Waals surface area contributed by atoms with Gasteiger partial charge < -0.3 is 22.9 Å². The van der Waals surface area contributed by atoms with Crippen molar-refractivity contribution in [3.63, 3.8) is 0 Å². The van der Waals surface area contributed by atoms with Gasteiger partial charge in [-0.25, -0.2) is 0 Å². The van der Waals surface area contributed by atoms with Crippen LogP contribution in [0.4, 0.5) is 0 Å². The van der Waals surface area contributed by atoms with Gasteiger partial charge in [0, 0.05) is 0 Å². The van der Waals surface area contributed by atoms with Crippen LogP contribution in [0.3, 0.4) is 0 Å². The molecule has 8 N–H and O–H groups in total. The van der Waals surface area contributed by atoms with Crippen LogP contribution < -0.4 is 22.9 Å². The molecule has 0 bridgehead atoms. The summed E-state index contributed by atoms with van der Waals surface area (Å²) in [6, 6.07) is 0. The Kier molecular flexibility index (Phi) is 5.18. The van der Waals surface area contributed by atoms with Crippen molar-refractivity contribution >= 4 is 0 Å². The summed E-state index contributed by atoms with van der Waals surface area (Å²) in [5.41, 5.74) is 22.0. The van der Waals surface area contributed by atoms with E-state index >= 15 is 0 Å². The molecule has 0 aromatic heterocycles. The summed E-state index contributed by atoms with van der Waals surface area (Å²) < 4.78 is 0. The number of hydrogen-bond acceptors (Lipinski definition) is 4. The molecule has 0 aromatic carbocycles. The van der Waals surface area contributed by atoms with E-state index in [0.29, 0.717) is 0 Å². The Morgan fingerprint density at radius 1 is 0.438 bits per heavy atom. The monoisotopic (exact) mass is 228 g/mol. The molecule has 2 rings (SSSR count). The van der Waals surface area contributed by atoms with Crippen LogP contribution >= 0.6 is 0 Å². The molecule has 16 heavy (non-hydrogen) atoms. The van der Waals surface area contributed by atoms with Gasteiger partial charge in [0.25, 0.3) is 0 Å². The first-order chi connectivity index (χ1) is 7.41. The molecule has 0 spiro atoms. The van der Waals surface area contributed by atoms with Crippen LogP contribution in [0.25, 0.3) is 0 Å². The molecule has 0 aliphatic heterocycles. The van der Waals surface area contributed by atoms with Gasteiger partial charge in [0.2, 0.25) is 0 Å². The minimum Gasteiger partial charge on any atom is -0.313 e. The molecule has 0 heterocycles. The SMILES string of the molecule is NC1(N)CCCCC1.NC1(N)CCCCC1. The molecular formula is C12H28N4. The predicted octanol–water partition coefficient (Wildman–Crippen LogP) is 1.13. The molecule has 2 fully saturated rings. The van der Waals surface area contributed by atoms with Crippen molar-refractivity contribution in [1.29, 1.82) is 0 Å². The van der Waals surface area contributed by atoms with E-state index in [9.17, 15) is 0 Å². The Bertz CT molecular complexity index is 163. The van der Waals surface area contributed by atoms with Gasteiger partial charge in [0.05, 0.1) is 11.3 Å². The van der Waals surface area contributed by atoms with Gasteiger partial charge in [-0.05, 0) is 25.7 Å². The molecule has 2 aliphatic rings. The van der Waals surface area contributed by atoms with E-state index in [-0.39, 0.29) is 11.3 Å². The van der Waals surface area contributed by atoms with Gasteiger partial charge in [-0.2, -0.15) is 0 Å². The molecule has 4 heteroatoms. The molecule has 0 aromatic rings. The summed E-state index contributed by atoms with van der Waals surface area (Å²) >= 11 is 0. The number of nitrogens with two attached hydrogens (primary N) is 4. The van der Waals surface area contributed by atoms with Crippen molar-refractivity contribution in [3.05, 3.63) is 0 Å². The van der Waals surface area contributed by atoms with E-state index in [4.69, 9.17) is 22.9 Å². The first-order valence-electron chi connectivity index (χ1n) is 6.57. The maximum atomic E-state index is 5.66. The van der Waals surface area contributed by atoms with Crippen LogP contribution in [0.15, 0.2) is 0 Å². The van der Waals surface area contributed by atoms with Crippen LogP contribution in [0.2, 0.25) is 0 Å². The summed E-state index contributed by atoms with van der Waals surface area (Å²) in [4.78, 5) is 0. The van der Waals surface area contributed by atoms with Crippen molar-refractivity contribution in [3.8, 4) is 0 Å². The predicted molar refractivity (Wildman–Crippen MR) is 68.4 cm³/mol. The van der Waals surface area contributed by atoms with Gasteiger partial charge in [0.15, 0.2) is 0 Å². The Morgan fingerprint density at radius 3 is 0.812 bits per heavy atom. The molecule has 0 radical (unpaired) electrons. The van der Waals surface area contributed by atoms with Crippen molar-refractivity contribution in [1.82, 2.24) is 0 Å². The molecule has 0 atom stereocenters. The third-order valence-corrected chi connectivity index (χ3v) is 3.57. The zero-order valence-electron chi connectivity index (χ0n) is 10.4. The highest BCUT2D eigenvalue weighted by Crippen LogP contribution is 2.21. The highest BCUT2D eigenvalue weighted by molar-refractivity contribution is 4.80. The van der Waals surface area contributed by atoms with E-state index in [1.807, 2.05) is 0 Å². The summed E-state index contributed by atoms with van der Waals surface area (Å²) in [5, 5.41) is 0. The fraction of sp³-hybridized carbons (Fsp3) is 1.00. The Hall–Kier alpha value is -0.160. The van der Waals surface area contributed by atoms with Crippen LogP contribution in [-0.4, -0.2) is 11.3 Å². The summed E-state index contributed by atoms with van der Waals surface area (Å²) in [7, 11) is 0. The molecular weight excluding hydrogens is 200 g/mol. The zero-order chi connectivity index (χ0) is 12.1. The summed E-state index contributed by atoms with van der Waals surface area (Å²) in [5.74, 6) is 0. The average molecular weight is 228 g/mol. The van der Waals surface area contributed by atoms with Crippen molar-refractivity contribution in [2.75, 3.05) is 0 Å². The van der Waals surface area contributed by atoms with Gasteiger partial charge in [0.1, 0.15) is 0 Å². The van der Waals surface area contributed by atoms with E-state index in [2.05, 4.69) is 0 Å². The second kappa shape index (κ2) is 5.96. The lowest BCUT2D eigenvalue weighted by Crippen LogP contribution is -2.50. The van der Waals surface area contributed by atoms with Gasteiger partial charge in [-0.1, -0.05) is 38.5 Å². The van der Waals surface area contributed by atoms with E-state index in [0.717, 1.165) is 25.7 Å². The second-order valence-electron chi connectivity index (χ2n) is 5.59. The maximum Gasteiger partial charge on any atom is 0.0636 e. The standard InChI is InChI=1S/2C6H14N2/c2*7-6(8)4-2-1-3-5-6/h2*1-5,7-8H2. The van der Waals surface area contributed by atoms with Crippen molar-refractivity contribution in [2.24, 2.45) is 22.9 Å². The van der Waals surface area contributed by atoms with Gasteiger partial charge in [-0.15, -0.1) is 0 Å². The Balaban J connectivity index is 0.000000160. The number of hydrogen-bond donors (Lipinski definition) is 4. The minimum atomic E-state index is -0.321. The van der Waals surface area contributed by atoms with Gasteiger partial charge >= 0.3 is 0 Å². The molecule has 0 saturated heterocycles. The Labute approximate surface area is 99.1 Å². The lowest BCUT2D eigenvalue weighted by Gasteiger charge is -2.28. The second-order valence-corrected chi connectivity index (χ2v) is 5.59. The highest BCUT2D eigenvalue weighted by atomic mass is 15.0. The first kappa shape index (κ1) is 13.9. The van der Waals surface area contributed by atoms with Crippen LogP contribution in [0.1, 0.15) is 64.2 Å². The smallest absolute Gasteiger partial charge is 0.0636 e. The zero-order valence-corrected chi connectivity index (χ0v) is 10.4. The highest BCUT2D eigenvalue weighted by Gasteiger charge is 2.21. The van der Waals surface area contributed by atoms with Crippen molar-refractivity contribution in [2.45, 2.75) is 75.5 Å². The van der Waals surface area contributed by atoms with Crippen LogP contribution in [0, 0.1) is 0 Å². The average Bonchev–Trinajstić information content (AvgIpc) is 2.17. The Morgan fingerprint density at radius 2 is 0.688 bits per heavy atom. The molecule has 0 unspecified atom stereocenters. The third kappa shape index (κ3) is 5.80. The summed E-state index contributed by atoms with van der Waals surface area (Å²) in [6.07, 6.45) is 11.5. The largest absolute Gasteiger partial charge is 0.313 e. The molecule has 2 saturated carbocycles. The fourth-order valence-electron chi connectivity index (χ4n) is 2.42. The minimum absolute atomic E-state index is 0.321. The molecule has 0 amide bonds. The third-order valence-electron chi connectivity index (χ3n) is 3.57. The van der Waals surface area contributed by atoms with E-state index < -0.39 is 0 Å². The summed E-state index contributed by atoms with van der Waals surface area (Å²) in [6.45, 7) is 0. The normalized spacial score (nSPS) is 27.8. The van der Waals surface area contributed by atoms with Crippen molar-refractivity contribution < 1.29 is 0 Å². The lowest BCUT2D eigenvalue weighted by molar-refractivity contribution is 0.305. The molecule has 2 aliphatic carbocycles. The van der Waals surface area contributed by atoms with E-state index in [1.54, 1.807) is 0 Å². The molecule has 96 valence electrons. The first-order valence-corrected chi connectivity index (χ1v) is 6.57. The van der Waals surface area contributed by atoms with Crippen LogP contribution in [-0.2, 0) is 0 Å².